The Morgan fingerprint density at radius 2 is 1.89 bits per heavy atom. The summed E-state index contributed by atoms with van der Waals surface area (Å²) < 4.78 is 0. The normalized spacial score (nSPS) is 21.0. The Morgan fingerprint density at radius 3 is 2.57 bits per heavy atom. The van der Waals surface area contributed by atoms with Crippen LogP contribution in [0, 0.1) is 5.41 Å². The number of carbonyl (C=O) groups excluding carboxylic acids is 2. The lowest BCUT2D eigenvalue weighted by molar-refractivity contribution is -0.141. The zero-order chi connectivity index (χ0) is 20.5. The van der Waals surface area contributed by atoms with Gasteiger partial charge in [0.25, 0.3) is 0 Å². The number of β-amino-alcohol motifs (C(OH)–C–C–N with tert-alkyl or cyclic N) is 1. The van der Waals surface area contributed by atoms with Crippen molar-refractivity contribution in [3.8, 4) is 0 Å². The van der Waals surface area contributed by atoms with Crippen molar-refractivity contribution in [3.05, 3.63) is 48.0 Å². The molecule has 0 spiro atoms. The van der Waals surface area contributed by atoms with E-state index in [9.17, 15) is 14.7 Å². The second kappa shape index (κ2) is 7.89. The number of rotatable bonds is 4. The fourth-order valence-corrected chi connectivity index (χ4v) is 3.51. The van der Waals surface area contributed by atoms with Crippen LogP contribution < -0.4 is 11.1 Å². The highest BCUT2D eigenvalue weighted by molar-refractivity contribution is 5.91. The van der Waals surface area contributed by atoms with Crippen LogP contribution in [-0.2, 0) is 16.1 Å². The minimum absolute atomic E-state index is 0.136. The molecule has 0 saturated carbocycles. The van der Waals surface area contributed by atoms with Crippen molar-refractivity contribution in [1.29, 1.82) is 0 Å². The van der Waals surface area contributed by atoms with Crippen LogP contribution in [0.1, 0.15) is 32.8 Å². The maximum atomic E-state index is 12.8. The Morgan fingerprint density at radius 1 is 1.21 bits per heavy atom. The van der Waals surface area contributed by atoms with Gasteiger partial charge >= 0.3 is 0 Å². The number of hydrogen-bond donors (Lipinski definition) is 3. The molecule has 6 heteroatoms. The maximum Gasteiger partial charge on any atom is 0.243 e. The molecule has 1 aliphatic heterocycles. The number of nitrogens with one attached hydrogen (secondary N) is 1. The van der Waals surface area contributed by atoms with E-state index < -0.39 is 23.6 Å². The van der Waals surface area contributed by atoms with E-state index in [0.29, 0.717) is 6.54 Å². The first-order valence-electron chi connectivity index (χ1n) is 9.66. The van der Waals surface area contributed by atoms with Crippen LogP contribution in [0.5, 0.6) is 0 Å². The number of aliphatic hydroxyl groups excluding tert-OH is 1. The quantitative estimate of drug-likeness (QED) is 0.750. The van der Waals surface area contributed by atoms with Crippen molar-refractivity contribution in [1.82, 2.24) is 10.2 Å². The molecule has 150 valence electrons. The van der Waals surface area contributed by atoms with E-state index in [-0.39, 0.29) is 24.8 Å². The topological polar surface area (TPSA) is 95.7 Å². The highest BCUT2D eigenvalue weighted by Crippen LogP contribution is 2.25. The van der Waals surface area contributed by atoms with E-state index >= 15 is 0 Å². The van der Waals surface area contributed by atoms with Gasteiger partial charge in [-0.25, -0.2) is 0 Å². The summed E-state index contributed by atoms with van der Waals surface area (Å²) >= 11 is 0. The fraction of sp³-hybridized carbons (Fsp3) is 0.455. The summed E-state index contributed by atoms with van der Waals surface area (Å²) in [6.07, 6.45) is -0.487. The Bertz CT molecular complexity index is 875. The molecule has 2 aromatic rings. The van der Waals surface area contributed by atoms with E-state index in [0.717, 1.165) is 16.3 Å². The highest BCUT2D eigenvalue weighted by Gasteiger charge is 2.42. The molecule has 1 heterocycles. The average molecular weight is 383 g/mol. The molecule has 1 aliphatic rings. The van der Waals surface area contributed by atoms with Crippen LogP contribution in [0.15, 0.2) is 42.5 Å². The number of fused-ring (bicyclic) bond motifs is 1. The van der Waals surface area contributed by atoms with E-state index in [1.54, 1.807) is 0 Å². The number of likely N-dealkylation sites (tertiary alicyclic amines) is 1. The molecule has 0 bridgehead atoms. The lowest BCUT2D eigenvalue weighted by atomic mass is 9.86. The SMILES string of the molecule is CC(C)(C)[C@H](N)C(=O)N1C[C@H](O)C[C@H]1C(=O)NCc1ccc2ccccc2c1. The summed E-state index contributed by atoms with van der Waals surface area (Å²) in [7, 11) is 0. The number of nitrogens with two attached hydrogens (primary N) is 1. The number of benzene rings is 2. The first kappa shape index (κ1) is 20.3. The molecule has 2 amide bonds. The summed E-state index contributed by atoms with van der Waals surface area (Å²) in [6.45, 7) is 6.16. The molecular formula is C22H29N3O3. The number of aliphatic hydroxyl groups is 1. The molecule has 6 nitrogen and oxygen atoms in total. The van der Waals surface area contributed by atoms with Gasteiger partial charge in [-0.15, -0.1) is 0 Å². The number of carbonyl (C=O) groups is 2. The Hall–Kier alpha value is -2.44. The molecule has 0 aromatic heterocycles. The number of hydrogen-bond acceptors (Lipinski definition) is 4. The van der Waals surface area contributed by atoms with Crippen LogP contribution in [0.3, 0.4) is 0 Å². The second-order valence-corrected chi connectivity index (χ2v) is 8.64. The lowest BCUT2D eigenvalue weighted by Gasteiger charge is -2.32. The van der Waals surface area contributed by atoms with Gasteiger partial charge in [0.1, 0.15) is 6.04 Å². The van der Waals surface area contributed by atoms with Crippen molar-refractivity contribution < 1.29 is 14.7 Å². The molecule has 2 aromatic carbocycles. The van der Waals surface area contributed by atoms with Gasteiger partial charge in [0.15, 0.2) is 0 Å². The molecule has 0 unspecified atom stereocenters. The standard InChI is InChI=1S/C22H29N3O3/c1-22(2,3)19(23)21(28)25-13-17(26)11-18(25)20(27)24-12-14-8-9-15-6-4-5-7-16(15)10-14/h4-10,17-19,26H,11-13,23H2,1-3H3,(H,24,27)/t17-,18+,19-/m1/s1. The zero-order valence-electron chi connectivity index (χ0n) is 16.7. The van der Waals surface area contributed by atoms with Gasteiger partial charge in [0.05, 0.1) is 12.1 Å². The van der Waals surface area contributed by atoms with Crippen molar-refractivity contribution in [2.45, 2.75) is 51.9 Å². The van der Waals surface area contributed by atoms with Gasteiger partial charge in [0, 0.05) is 19.5 Å². The molecule has 3 rings (SSSR count). The highest BCUT2D eigenvalue weighted by atomic mass is 16.3. The lowest BCUT2D eigenvalue weighted by Crippen LogP contribution is -2.54. The van der Waals surface area contributed by atoms with Crippen molar-refractivity contribution in [2.24, 2.45) is 11.1 Å². The van der Waals surface area contributed by atoms with E-state index in [4.69, 9.17) is 5.73 Å². The molecule has 3 atom stereocenters. The van der Waals surface area contributed by atoms with Gasteiger partial charge in [0.2, 0.25) is 11.8 Å². The van der Waals surface area contributed by atoms with Crippen molar-refractivity contribution in [3.63, 3.8) is 0 Å². The summed E-state index contributed by atoms with van der Waals surface area (Å²) in [5.41, 5.74) is 6.66. The minimum atomic E-state index is -0.728. The third kappa shape index (κ3) is 4.34. The van der Waals surface area contributed by atoms with E-state index in [1.165, 1.54) is 4.90 Å². The first-order chi connectivity index (χ1) is 13.2. The maximum absolute atomic E-state index is 12.8. The molecule has 0 aliphatic carbocycles. The zero-order valence-corrected chi connectivity index (χ0v) is 16.7. The molecule has 0 radical (unpaired) electrons. The minimum Gasteiger partial charge on any atom is -0.391 e. The average Bonchev–Trinajstić information content (AvgIpc) is 3.05. The van der Waals surface area contributed by atoms with Crippen LogP contribution in [0.2, 0.25) is 0 Å². The summed E-state index contributed by atoms with van der Waals surface area (Å²) in [5, 5.41) is 15.2. The molecule has 1 fully saturated rings. The fourth-order valence-electron chi connectivity index (χ4n) is 3.51. The monoisotopic (exact) mass is 383 g/mol. The Kier molecular flexibility index (Phi) is 5.72. The molecule has 28 heavy (non-hydrogen) atoms. The van der Waals surface area contributed by atoms with Gasteiger partial charge in [-0.3, -0.25) is 9.59 Å². The molecular weight excluding hydrogens is 354 g/mol. The molecule has 4 N–H and O–H groups in total. The molecule has 1 saturated heterocycles. The summed E-state index contributed by atoms with van der Waals surface area (Å²) in [4.78, 5) is 27.0. The van der Waals surface area contributed by atoms with Crippen LogP contribution >= 0.6 is 0 Å². The Labute approximate surface area is 165 Å². The Balaban J connectivity index is 1.68. The van der Waals surface area contributed by atoms with E-state index in [1.807, 2.05) is 63.2 Å². The summed E-state index contributed by atoms with van der Waals surface area (Å²) in [6, 6.07) is 12.7. The predicted octanol–water partition coefficient (Wildman–Crippen LogP) is 1.79. The summed E-state index contributed by atoms with van der Waals surface area (Å²) in [5.74, 6) is -0.561. The van der Waals surface area contributed by atoms with Crippen molar-refractivity contribution >= 4 is 22.6 Å². The van der Waals surface area contributed by atoms with Gasteiger partial charge in [-0.2, -0.15) is 0 Å². The van der Waals surface area contributed by atoms with Crippen LogP contribution in [-0.4, -0.2) is 46.6 Å². The largest absolute Gasteiger partial charge is 0.391 e. The van der Waals surface area contributed by atoms with Crippen LogP contribution in [0.4, 0.5) is 0 Å². The predicted molar refractivity (Wildman–Crippen MR) is 109 cm³/mol. The first-order valence-corrected chi connectivity index (χ1v) is 9.66. The second-order valence-electron chi connectivity index (χ2n) is 8.64. The van der Waals surface area contributed by atoms with Gasteiger partial charge < -0.3 is 21.1 Å². The smallest absolute Gasteiger partial charge is 0.243 e. The van der Waals surface area contributed by atoms with Crippen LogP contribution in [0.25, 0.3) is 10.8 Å². The van der Waals surface area contributed by atoms with Crippen molar-refractivity contribution in [2.75, 3.05) is 6.54 Å². The number of amides is 2. The van der Waals surface area contributed by atoms with Gasteiger partial charge in [-0.1, -0.05) is 57.2 Å². The third-order valence-electron chi connectivity index (χ3n) is 5.34. The third-order valence-corrected chi connectivity index (χ3v) is 5.34. The van der Waals surface area contributed by atoms with E-state index in [2.05, 4.69) is 5.32 Å². The van der Waals surface area contributed by atoms with Gasteiger partial charge in [-0.05, 0) is 27.8 Å². The number of nitrogens with zero attached hydrogens (tertiary/aromatic N) is 1.